The number of nitrogens with zero attached hydrogens (tertiary/aromatic N) is 3. The molecule has 0 fully saturated rings. The van der Waals surface area contributed by atoms with Gasteiger partial charge >= 0.3 is 6.01 Å². The fourth-order valence-corrected chi connectivity index (χ4v) is 3.17. The van der Waals surface area contributed by atoms with Crippen LogP contribution < -0.4 is 9.47 Å². The van der Waals surface area contributed by atoms with E-state index in [9.17, 15) is 0 Å². The summed E-state index contributed by atoms with van der Waals surface area (Å²) in [5, 5.41) is 0.686. The molecule has 4 aromatic rings. The van der Waals surface area contributed by atoms with Crippen molar-refractivity contribution in [2.75, 3.05) is 6.61 Å². The van der Waals surface area contributed by atoms with Crippen LogP contribution in [0.1, 0.15) is 18.9 Å². The minimum atomic E-state index is 0.00513. The lowest BCUT2D eigenvalue weighted by Gasteiger charge is -2.09. The van der Waals surface area contributed by atoms with E-state index in [0.717, 1.165) is 17.5 Å². The van der Waals surface area contributed by atoms with Crippen LogP contribution in [0.25, 0.3) is 22.7 Å². The molecule has 4 rings (SSSR count). The normalized spacial score (nSPS) is 11.0. The highest BCUT2D eigenvalue weighted by Crippen LogP contribution is 2.37. The molecule has 2 heterocycles. The van der Waals surface area contributed by atoms with Gasteiger partial charge in [-0.05, 0) is 37.6 Å². The molecule has 0 atom stereocenters. The molecule has 2 aromatic carbocycles. The number of para-hydroxylation sites is 1. The van der Waals surface area contributed by atoms with Crippen LogP contribution in [0.4, 0.5) is 0 Å². The summed E-state index contributed by atoms with van der Waals surface area (Å²) in [4.78, 5) is 13.2. The maximum Gasteiger partial charge on any atom is 0.328 e. The molecule has 0 bridgehead atoms. The van der Waals surface area contributed by atoms with E-state index in [0.29, 0.717) is 28.1 Å². The average molecular weight is 430 g/mol. The van der Waals surface area contributed by atoms with Crippen LogP contribution in [-0.2, 0) is 0 Å². The smallest absolute Gasteiger partial charge is 0.328 e. The second-order valence-electron chi connectivity index (χ2n) is 6.35. The van der Waals surface area contributed by atoms with Crippen molar-refractivity contribution in [2.24, 2.45) is 0 Å². The summed E-state index contributed by atoms with van der Waals surface area (Å²) in [5.41, 5.74) is 2.60. The molecule has 0 aliphatic carbocycles. The highest BCUT2D eigenvalue weighted by atomic mass is 35.5. The van der Waals surface area contributed by atoms with Gasteiger partial charge in [-0.15, -0.1) is 0 Å². The predicted molar refractivity (Wildman–Crippen MR) is 112 cm³/mol. The molecule has 29 heavy (non-hydrogen) atoms. The summed E-state index contributed by atoms with van der Waals surface area (Å²) in [6.07, 6.45) is 0.806. The fourth-order valence-electron chi connectivity index (χ4n) is 2.70. The summed E-state index contributed by atoms with van der Waals surface area (Å²) in [6, 6.07) is 12.9. The molecule has 148 valence electrons. The third-order valence-corrected chi connectivity index (χ3v) is 4.62. The van der Waals surface area contributed by atoms with Gasteiger partial charge in [-0.2, -0.15) is 9.97 Å². The van der Waals surface area contributed by atoms with Crippen LogP contribution in [-0.4, -0.2) is 21.6 Å². The van der Waals surface area contributed by atoms with E-state index >= 15 is 0 Å². The standard InChI is InChI=1S/C21H17Cl2N3O3/c1-3-10-27-19-16-20(29-18(24-16)13-7-4-6-12(2)11-13)26-21(25-19)28-17-14(22)8-5-9-15(17)23/h4-9,11H,3,10H2,1-2H3. The van der Waals surface area contributed by atoms with Gasteiger partial charge in [0.15, 0.2) is 11.3 Å². The molecule has 0 aliphatic heterocycles. The number of hydrogen-bond acceptors (Lipinski definition) is 6. The lowest BCUT2D eigenvalue weighted by molar-refractivity contribution is 0.302. The SMILES string of the molecule is CCCOc1nc(Oc2c(Cl)cccc2Cl)nc2oc(-c3cccc(C)c3)nc12. The van der Waals surface area contributed by atoms with Crippen LogP contribution >= 0.6 is 23.2 Å². The highest BCUT2D eigenvalue weighted by molar-refractivity contribution is 6.37. The van der Waals surface area contributed by atoms with Crippen LogP contribution in [0.2, 0.25) is 10.0 Å². The van der Waals surface area contributed by atoms with E-state index in [-0.39, 0.29) is 23.4 Å². The molecule has 2 aromatic heterocycles. The zero-order valence-electron chi connectivity index (χ0n) is 15.8. The minimum Gasteiger partial charge on any atom is -0.476 e. The maximum absolute atomic E-state index is 6.19. The summed E-state index contributed by atoms with van der Waals surface area (Å²) < 4.78 is 17.4. The van der Waals surface area contributed by atoms with E-state index in [2.05, 4.69) is 15.0 Å². The van der Waals surface area contributed by atoms with Gasteiger partial charge in [-0.3, -0.25) is 0 Å². The third kappa shape index (κ3) is 4.13. The van der Waals surface area contributed by atoms with Gasteiger partial charge in [0, 0.05) is 5.56 Å². The number of aryl methyl sites for hydroxylation is 1. The van der Waals surface area contributed by atoms with Crippen molar-refractivity contribution in [3.8, 4) is 29.1 Å². The van der Waals surface area contributed by atoms with Gasteiger partial charge in [0.25, 0.3) is 11.6 Å². The van der Waals surface area contributed by atoms with Crippen molar-refractivity contribution in [2.45, 2.75) is 20.3 Å². The predicted octanol–water partition coefficient (Wildman–Crippen LogP) is 6.48. The first-order valence-corrected chi connectivity index (χ1v) is 9.81. The second kappa shape index (κ2) is 8.27. The topological polar surface area (TPSA) is 70.3 Å². The van der Waals surface area contributed by atoms with Crippen LogP contribution in [0.15, 0.2) is 46.9 Å². The highest BCUT2D eigenvalue weighted by Gasteiger charge is 2.19. The van der Waals surface area contributed by atoms with E-state index in [1.165, 1.54) is 0 Å². The van der Waals surface area contributed by atoms with Gasteiger partial charge < -0.3 is 13.9 Å². The monoisotopic (exact) mass is 429 g/mol. The van der Waals surface area contributed by atoms with Crippen LogP contribution in [0, 0.1) is 6.92 Å². The number of hydrogen-bond donors (Lipinski definition) is 0. The number of halogens is 2. The largest absolute Gasteiger partial charge is 0.476 e. The Kier molecular flexibility index (Phi) is 5.56. The number of benzene rings is 2. The van der Waals surface area contributed by atoms with Crippen LogP contribution in [0.3, 0.4) is 0 Å². The van der Waals surface area contributed by atoms with Crippen molar-refractivity contribution in [1.29, 1.82) is 0 Å². The molecule has 8 heteroatoms. The number of ether oxygens (including phenoxy) is 2. The summed E-state index contributed by atoms with van der Waals surface area (Å²) in [7, 11) is 0. The van der Waals surface area contributed by atoms with E-state index in [4.69, 9.17) is 37.1 Å². The third-order valence-electron chi connectivity index (χ3n) is 4.03. The summed E-state index contributed by atoms with van der Waals surface area (Å²) >= 11 is 12.4. The average Bonchev–Trinajstić information content (AvgIpc) is 3.13. The molecule has 0 amide bonds. The Bertz CT molecular complexity index is 1160. The Balaban J connectivity index is 1.80. The van der Waals surface area contributed by atoms with Gasteiger partial charge in [0.1, 0.15) is 0 Å². The first-order valence-electron chi connectivity index (χ1n) is 9.05. The van der Waals surface area contributed by atoms with Gasteiger partial charge in [0.2, 0.25) is 5.89 Å². The maximum atomic E-state index is 6.19. The minimum absolute atomic E-state index is 0.00513. The van der Waals surface area contributed by atoms with Crippen molar-refractivity contribution >= 4 is 34.4 Å². The van der Waals surface area contributed by atoms with Crippen molar-refractivity contribution in [3.63, 3.8) is 0 Å². The molecule has 0 saturated heterocycles. The molecule has 0 spiro atoms. The van der Waals surface area contributed by atoms with Crippen molar-refractivity contribution < 1.29 is 13.9 Å². The molecule has 0 aliphatic rings. The van der Waals surface area contributed by atoms with Crippen LogP contribution in [0.5, 0.6) is 17.6 Å². The number of aromatic nitrogens is 3. The first-order chi connectivity index (χ1) is 14.0. The number of oxazole rings is 1. The van der Waals surface area contributed by atoms with E-state index in [1.54, 1.807) is 18.2 Å². The number of fused-ring (bicyclic) bond motifs is 1. The Hall–Kier alpha value is -2.83. The molecule has 0 N–H and O–H groups in total. The quantitative estimate of drug-likeness (QED) is 0.349. The van der Waals surface area contributed by atoms with E-state index < -0.39 is 0 Å². The Labute approximate surface area is 177 Å². The molecular formula is C21H17Cl2N3O3. The summed E-state index contributed by atoms with van der Waals surface area (Å²) in [5.74, 6) is 0.958. The van der Waals surface area contributed by atoms with Crippen molar-refractivity contribution in [3.05, 3.63) is 58.1 Å². The van der Waals surface area contributed by atoms with Gasteiger partial charge in [0.05, 0.1) is 16.7 Å². The first kappa shape index (κ1) is 19.5. The summed E-state index contributed by atoms with van der Waals surface area (Å²) in [6.45, 7) is 4.46. The zero-order chi connectivity index (χ0) is 20.4. The lowest BCUT2D eigenvalue weighted by Crippen LogP contribution is -2.01. The Morgan fingerprint density at radius 1 is 1.00 bits per heavy atom. The lowest BCUT2D eigenvalue weighted by atomic mass is 10.1. The molecule has 0 radical (unpaired) electrons. The van der Waals surface area contributed by atoms with E-state index in [1.807, 2.05) is 38.1 Å². The zero-order valence-corrected chi connectivity index (χ0v) is 17.3. The molecule has 0 unspecified atom stereocenters. The Morgan fingerprint density at radius 2 is 1.76 bits per heavy atom. The van der Waals surface area contributed by atoms with Gasteiger partial charge in [-0.1, -0.05) is 53.9 Å². The van der Waals surface area contributed by atoms with Crippen molar-refractivity contribution in [1.82, 2.24) is 15.0 Å². The molecule has 6 nitrogen and oxygen atoms in total. The molecular weight excluding hydrogens is 413 g/mol. The fraction of sp³-hybridized carbons (Fsp3) is 0.190. The number of rotatable bonds is 6. The Morgan fingerprint density at radius 3 is 2.48 bits per heavy atom. The molecule has 0 saturated carbocycles. The second-order valence-corrected chi connectivity index (χ2v) is 7.17. The van der Waals surface area contributed by atoms with Gasteiger partial charge in [-0.25, -0.2) is 4.98 Å².